The number of anilines is 1. The number of methoxy groups -OCH3 is 1. The lowest BCUT2D eigenvalue weighted by Crippen LogP contribution is -2.34. The van der Waals surface area contributed by atoms with Crippen LogP contribution in [0.1, 0.15) is 41.9 Å². The molecule has 1 aromatic heterocycles. The number of thioether (sulfide) groups is 1. The summed E-state index contributed by atoms with van der Waals surface area (Å²) < 4.78 is 11.1. The standard InChI is InChI=1S/C26H28N4O4S/c1-4-23-24(18-10-13-21(33-3)22(15-18)34-5-2)29-30(26(32)35-23)16-17-8-11-19(12-9-17)28-25(31)20-7-6-14-27-20/h6-15,23,27H,4-5,16H2,1-3H3,(H,28,31). The molecular formula is C26H28N4O4S. The smallest absolute Gasteiger partial charge is 0.302 e. The minimum Gasteiger partial charge on any atom is -0.493 e. The molecule has 4 rings (SSSR count). The Balaban J connectivity index is 1.53. The molecule has 8 nitrogen and oxygen atoms in total. The van der Waals surface area contributed by atoms with E-state index in [1.54, 1.807) is 25.4 Å². The van der Waals surface area contributed by atoms with Crippen molar-refractivity contribution in [1.82, 2.24) is 9.99 Å². The summed E-state index contributed by atoms with van der Waals surface area (Å²) in [7, 11) is 1.61. The first-order chi connectivity index (χ1) is 17.0. The van der Waals surface area contributed by atoms with Crippen molar-refractivity contribution in [2.24, 2.45) is 5.10 Å². The maximum Gasteiger partial charge on any atom is 0.302 e. The highest BCUT2D eigenvalue weighted by Gasteiger charge is 2.30. The summed E-state index contributed by atoms with van der Waals surface area (Å²) in [5.74, 6) is 1.09. The molecule has 0 bridgehead atoms. The maximum absolute atomic E-state index is 12.8. The molecule has 1 atom stereocenters. The van der Waals surface area contributed by atoms with Gasteiger partial charge < -0.3 is 19.8 Å². The minimum atomic E-state index is -0.212. The van der Waals surface area contributed by atoms with Gasteiger partial charge in [0.15, 0.2) is 11.5 Å². The van der Waals surface area contributed by atoms with E-state index in [0.29, 0.717) is 36.0 Å². The summed E-state index contributed by atoms with van der Waals surface area (Å²) in [6, 6.07) is 16.6. The number of aromatic nitrogens is 1. The van der Waals surface area contributed by atoms with Crippen LogP contribution in [0.25, 0.3) is 0 Å². The molecule has 35 heavy (non-hydrogen) atoms. The Kier molecular flexibility index (Phi) is 7.77. The van der Waals surface area contributed by atoms with Crippen LogP contribution in [0.15, 0.2) is 65.9 Å². The summed E-state index contributed by atoms with van der Waals surface area (Å²) in [4.78, 5) is 27.9. The Labute approximate surface area is 208 Å². The van der Waals surface area contributed by atoms with Gasteiger partial charge in [0.2, 0.25) is 0 Å². The number of hydrogen-bond acceptors (Lipinski definition) is 6. The predicted octanol–water partition coefficient (Wildman–Crippen LogP) is 5.53. The van der Waals surface area contributed by atoms with Gasteiger partial charge in [-0.25, -0.2) is 5.01 Å². The van der Waals surface area contributed by atoms with Crippen molar-refractivity contribution >= 4 is 34.3 Å². The van der Waals surface area contributed by atoms with E-state index < -0.39 is 0 Å². The third kappa shape index (κ3) is 5.68. The zero-order chi connectivity index (χ0) is 24.8. The number of nitrogens with zero attached hydrogens (tertiary/aromatic N) is 2. The van der Waals surface area contributed by atoms with E-state index in [9.17, 15) is 9.59 Å². The fourth-order valence-corrected chi connectivity index (χ4v) is 4.67. The number of rotatable bonds is 9. The molecule has 9 heteroatoms. The highest BCUT2D eigenvalue weighted by atomic mass is 32.2. The Morgan fingerprint density at radius 3 is 2.60 bits per heavy atom. The summed E-state index contributed by atoms with van der Waals surface area (Å²) in [5.41, 5.74) is 3.79. The molecule has 2 aromatic carbocycles. The molecule has 2 heterocycles. The second kappa shape index (κ2) is 11.1. The van der Waals surface area contributed by atoms with Gasteiger partial charge in [-0.3, -0.25) is 9.59 Å². The van der Waals surface area contributed by atoms with Crippen LogP contribution < -0.4 is 14.8 Å². The van der Waals surface area contributed by atoms with Crippen molar-refractivity contribution in [3.8, 4) is 11.5 Å². The number of carbonyl (C=O) groups is 2. The van der Waals surface area contributed by atoms with Crippen LogP contribution in [0.3, 0.4) is 0 Å². The lowest BCUT2D eigenvalue weighted by Gasteiger charge is -2.28. The quantitative estimate of drug-likeness (QED) is 0.410. The van der Waals surface area contributed by atoms with E-state index in [1.807, 2.05) is 56.3 Å². The van der Waals surface area contributed by atoms with Crippen LogP contribution in [-0.2, 0) is 6.54 Å². The molecular weight excluding hydrogens is 464 g/mol. The van der Waals surface area contributed by atoms with Crippen molar-refractivity contribution in [2.75, 3.05) is 19.0 Å². The van der Waals surface area contributed by atoms with E-state index in [-0.39, 0.29) is 16.4 Å². The summed E-state index contributed by atoms with van der Waals surface area (Å²) >= 11 is 1.28. The molecule has 2 N–H and O–H groups in total. The average molecular weight is 493 g/mol. The summed E-state index contributed by atoms with van der Waals surface area (Å²) in [6.45, 7) is 4.81. The average Bonchev–Trinajstić information content (AvgIpc) is 3.42. The number of aromatic amines is 1. The van der Waals surface area contributed by atoms with Gasteiger partial charge in [0, 0.05) is 17.4 Å². The predicted molar refractivity (Wildman–Crippen MR) is 138 cm³/mol. The Morgan fingerprint density at radius 1 is 1.14 bits per heavy atom. The minimum absolute atomic E-state index is 0.0489. The molecule has 0 saturated carbocycles. The Morgan fingerprint density at radius 2 is 1.94 bits per heavy atom. The fourth-order valence-electron chi connectivity index (χ4n) is 3.73. The van der Waals surface area contributed by atoms with Crippen molar-refractivity contribution in [2.45, 2.75) is 32.1 Å². The van der Waals surface area contributed by atoms with Gasteiger partial charge in [-0.15, -0.1) is 0 Å². The molecule has 3 aromatic rings. The number of ether oxygens (including phenoxy) is 2. The Hall–Kier alpha value is -3.72. The number of hydrogen-bond donors (Lipinski definition) is 2. The van der Waals surface area contributed by atoms with Crippen molar-refractivity contribution in [3.05, 3.63) is 77.6 Å². The molecule has 1 aliphatic rings. The van der Waals surface area contributed by atoms with E-state index in [1.165, 1.54) is 16.8 Å². The van der Waals surface area contributed by atoms with Gasteiger partial charge in [0.25, 0.3) is 5.91 Å². The lowest BCUT2D eigenvalue weighted by atomic mass is 10.0. The van der Waals surface area contributed by atoms with E-state index >= 15 is 0 Å². The highest BCUT2D eigenvalue weighted by Crippen LogP contribution is 2.34. The normalized spacial score (nSPS) is 15.5. The van der Waals surface area contributed by atoms with Crippen LogP contribution in [0.5, 0.6) is 11.5 Å². The number of benzene rings is 2. The van der Waals surface area contributed by atoms with Crippen molar-refractivity contribution < 1.29 is 19.1 Å². The molecule has 0 radical (unpaired) electrons. The van der Waals surface area contributed by atoms with Gasteiger partial charge in [-0.05, 0) is 61.4 Å². The first kappa shape index (κ1) is 24.4. The number of carbonyl (C=O) groups excluding carboxylic acids is 2. The van der Waals surface area contributed by atoms with Crippen LogP contribution in [0.2, 0.25) is 0 Å². The van der Waals surface area contributed by atoms with Crippen LogP contribution in [-0.4, -0.2) is 45.8 Å². The third-order valence-electron chi connectivity index (χ3n) is 5.50. The molecule has 0 aliphatic carbocycles. The first-order valence-corrected chi connectivity index (χ1v) is 12.3. The molecule has 0 fully saturated rings. The number of amides is 2. The second-order valence-corrected chi connectivity index (χ2v) is 9.01. The monoisotopic (exact) mass is 492 g/mol. The number of nitrogens with one attached hydrogen (secondary N) is 2. The fraction of sp³-hybridized carbons (Fsp3) is 0.269. The van der Waals surface area contributed by atoms with Crippen molar-refractivity contribution in [1.29, 1.82) is 0 Å². The second-order valence-electron chi connectivity index (χ2n) is 7.86. The van der Waals surface area contributed by atoms with Gasteiger partial charge in [0.1, 0.15) is 5.69 Å². The zero-order valence-corrected chi connectivity index (χ0v) is 20.7. The van der Waals surface area contributed by atoms with Crippen LogP contribution in [0, 0.1) is 0 Å². The molecule has 1 aliphatic heterocycles. The highest BCUT2D eigenvalue weighted by molar-refractivity contribution is 8.14. The SMILES string of the molecule is CCOc1cc(C2=NN(Cc3ccc(NC(=O)c4ccc[nH]4)cc3)C(=O)SC2CC)ccc1OC. The van der Waals surface area contributed by atoms with Crippen LogP contribution in [0.4, 0.5) is 10.5 Å². The van der Waals surface area contributed by atoms with Crippen LogP contribution >= 0.6 is 11.8 Å². The summed E-state index contributed by atoms with van der Waals surface area (Å²) in [5, 5.41) is 8.94. The maximum atomic E-state index is 12.8. The topological polar surface area (TPSA) is 96.0 Å². The molecule has 182 valence electrons. The van der Waals surface area contributed by atoms with E-state index in [4.69, 9.17) is 14.6 Å². The van der Waals surface area contributed by atoms with Gasteiger partial charge >= 0.3 is 5.24 Å². The van der Waals surface area contributed by atoms with E-state index in [0.717, 1.165) is 23.3 Å². The largest absolute Gasteiger partial charge is 0.493 e. The van der Waals surface area contributed by atoms with Gasteiger partial charge in [0.05, 0.1) is 31.2 Å². The Bertz CT molecular complexity index is 1210. The molecule has 0 spiro atoms. The van der Waals surface area contributed by atoms with Gasteiger partial charge in [-0.2, -0.15) is 5.10 Å². The third-order valence-corrected chi connectivity index (χ3v) is 6.76. The van der Waals surface area contributed by atoms with Crippen molar-refractivity contribution in [3.63, 3.8) is 0 Å². The zero-order valence-electron chi connectivity index (χ0n) is 19.9. The number of H-pyrrole nitrogens is 1. The van der Waals surface area contributed by atoms with E-state index in [2.05, 4.69) is 10.3 Å². The molecule has 0 saturated heterocycles. The summed E-state index contributed by atoms with van der Waals surface area (Å²) in [6.07, 6.45) is 2.47. The van der Waals surface area contributed by atoms with Gasteiger partial charge in [-0.1, -0.05) is 30.8 Å². The number of hydrazone groups is 1. The lowest BCUT2D eigenvalue weighted by molar-refractivity contribution is 0.102. The molecule has 2 amide bonds. The molecule has 1 unspecified atom stereocenters. The first-order valence-electron chi connectivity index (χ1n) is 11.4.